The van der Waals surface area contributed by atoms with Crippen molar-refractivity contribution in [1.29, 1.82) is 0 Å². The number of aliphatic hydroxyl groups is 1. The van der Waals surface area contributed by atoms with Gasteiger partial charge >= 0.3 is 6.03 Å². The summed E-state index contributed by atoms with van der Waals surface area (Å²) in [5, 5.41) is 14.4. The summed E-state index contributed by atoms with van der Waals surface area (Å²) >= 11 is 0. The van der Waals surface area contributed by atoms with E-state index in [2.05, 4.69) is 10.6 Å². The van der Waals surface area contributed by atoms with Crippen molar-refractivity contribution in [3.63, 3.8) is 0 Å². The molecule has 0 aliphatic carbocycles. The molecule has 0 aliphatic heterocycles. The Labute approximate surface area is 130 Å². The predicted octanol–water partition coefficient (Wildman–Crippen LogP) is 3.14. The van der Waals surface area contributed by atoms with Gasteiger partial charge in [0, 0.05) is 19.2 Å². The molecule has 0 spiro atoms. The molecular formula is C16H25FN2O3. The van der Waals surface area contributed by atoms with Crippen LogP contribution in [0.5, 0.6) is 5.75 Å². The van der Waals surface area contributed by atoms with Gasteiger partial charge in [-0.2, -0.15) is 0 Å². The Morgan fingerprint density at radius 1 is 1.36 bits per heavy atom. The molecule has 0 radical (unpaired) electrons. The van der Waals surface area contributed by atoms with Crippen molar-refractivity contribution >= 4 is 11.7 Å². The number of amides is 2. The van der Waals surface area contributed by atoms with Gasteiger partial charge in [-0.1, -0.05) is 13.8 Å². The summed E-state index contributed by atoms with van der Waals surface area (Å²) in [6, 6.07) is 3.67. The smallest absolute Gasteiger partial charge is 0.319 e. The first-order valence-electron chi connectivity index (χ1n) is 7.49. The van der Waals surface area contributed by atoms with Crippen molar-refractivity contribution in [3.8, 4) is 5.75 Å². The van der Waals surface area contributed by atoms with E-state index < -0.39 is 11.8 Å². The average Bonchev–Trinajstić information content (AvgIpc) is 2.53. The minimum atomic E-state index is -0.524. The highest BCUT2D eigenvalue weighted by molar-refractivity contribution is 5.89. The molecule has 0 bridgehead atoms. The van der Waals surface area contributed by atoms with Crippen LogP contribution in [-0.2, 0) is 0 Å². The number of ether oxygens (including phenoxy) is 1. The van der Waals surface area contributed by atoms with Crippen LogP contribution in [0.15, 0.2) is 18.2 Å². The molecule has 1 aromatic carbocycles. The predicted molar refractivity (Wildman–Crippen MR) is 84.7 cm³/mol. The number of hydrogen-bond donors (Lipinski definition) is 3. The Morgan fingerprint density at radius 3 is 2.59 bits per heavy atom. The molecule has 3 N–H and O–H groups in total. The van der Waals surface area contributed by atoms with Gasteiger partial charge in [0.15, 0.2) is 0 Å². The van der Waals surface area contributed by atoms with Gasteiger partial charge in [-0.05, 0) is 36.8 Å². The largest absolute Gasteiger partial charge is 0.497 e. The van der Waals surface area contributed by atoms with Crippen molar-refractivity contribution in [1.82, 2.24) is 5.32 Å². The fourth-order valence-corrected chi connectivity index (χ4v) is 2.34. The van der Waals surface area contributed by atoms with Crippen LogP contribution in [0, 0.1) is 11.2 Å². The van der Waals surface area contributed by atoms with E-state index in [0.29, 0.717) is 18.7 Å². The molecule has 6 heteroatoms. The van der Waals surface area contributed by atoms with Crippen molar-refractivity contribution < 1.29 is 19.0 Å². The maximum absolute atomic E-state index is 13.7. The number of anilines is 1. The van der Waals surface area contributed by atoms with Gasteiger partial charge in [0.2, 0.25) is 0 Å². The third kappa shape index (κ3) is 4.87. The monoisotopic (exact) mass is 312 g/mol. The van der Waals surface area contributed by atoms with Gasteiger partial charge in [0.05, 0.1) is 12.8 Å². The number of benzene rings is 1. The fraction of sp³-hybridized carbons (Fsp3) is 0.562. The lowest BCUT2D eigenvalue weighted by molar-refractivity contribution is 0.165. The summed E-state index contributed by atoms with van der Waals surface area (Å²) in [5.74, 6) is -0.0583. The summed E-state index contributed by atoms with van der Waals surface area (Å²) in [5.41, 5.74) is -0.0726. The molecule has 0 aliphatic rings. The molecule has 0 saturated carbocycles. The zero-order valence-corrected chi connectivity index (χ0v) is 13.4. The third-order valence-corrected chi connectivity index (χ3v) is 4.19. The van der Waals surface area contributed by atoms with E-state index in [1.54, 1.807) is 0 Å². The highest BCUT2D eigenvalue weighted by Crippen LogP contribution is 2.29. The molecule has 0 saturated heterocycles. The van der Waals surface area contributed by atoms with Crippen molar-refractivity contribution in [2.24, 2.45) is 5.41 Å². The maximum atomic E-state index is 13.7. The third-order valence-electron chi connectivity index (χ3n) is 4.19. The molecule has 124 valence electrons. The quantitative estimate of drug-likeness (QED) is 0.690. The Kier molecular flexibility index (Phi) is 7.11. The zero-order valence-electron chi connectivity index (χ0n) is 13.4. The summed E-state index contributed by atoms with van der Waals surface area (Å²) < 4.78 is 18.7. The normalized spacial score (nSPS) is 11.1. The first kappa shape index (κ1) is 18.2. The SMILES string of the molecule is CCC(CC)(CCO)CNC(=O)Nc1cc(OC)ccc1F. The number of hydrogen-bond acceptors (Lipinski definition) is 3. The van der Waals surface area contributed by atoms with Gasteiger partial charge in [-0.25, -0.2) is 9.18 Å². The van der Waals surface area contributed by atoms with Crippen LogP contribution in [0.3, 0.4) is 0 Å². The minimum Gasteiger partial charge on any atom is -0.497 e. The van der Waals surface area contributed by atoms with E-state index in [1.807, 2.05) is 13.8 Å². The second-order valence-corrected chi connectivity index (χ2v) is 5.33. The molecule has 5 nitrogen and oxygen atoms in total. The van der Waals surface area contributed by atoms with Gasteiger partial charge in [0.1, 0.15) is 11.6 Å². The van der Waals surface area contributed by atoms with Gasteiger partial charge in [-0.3, -0.25) is 0 Å². The Balaban J connectivity index is 2.66. The molecule has 0 atom stereocenters. The van der Waals surface area contributed by atoms with Gasteiger partial charge < -0.3 is 20.5 Å². The lowest BCUT2D eigenvalue weighted by atomic mass is 9.79. The maximum Gasteiger partial charge on any atom is 0.319 e. The van der Waals surface area contributed by atoms with Crippen molar-refractivity contribution in [2.45, 2.75) is 33.1 Å². The number of aliphatic hydroxyl groups excluding tert-OH is 1. The van der Waals surface area contributed by atoms with Crippen LogP contribution < -0.4 is 15.4 Å². The van der Waals surface area contributed by atoms with Gasteiger partial charge in [-0.15, -0.1) is 0 Å². The van der Waals surface area contributed by atoms with Crippen LogP contribution in [0.25, 0.3) is 0 Å². The van der Waals surface area contributed by atoms with Crippen molar-refractivity contribution in [2.75, 3.05) is 25.6 Å². The van der Waals surface area contributed by atoms with E-state index in [1.165, 1.54) is 25.3 Å². The van der Waals surface area contributed by atoms with E-state index in [0.717, 1.165) is 12.8 Å². The molecule has 22 heavy (non-hydrogen) atoms. The summed E-state index contributed by atoms with van der Waals surface area (Å²) in [4.78, 5) is 12.0. The van der Waals surface area contributed by atoms with Crippen LogP contribution in [-0.4, -0.2) is 31.4 Å². The number of methoxy groups -OCH3 is 1. The van der Waals surface area contributed by atoms with Crippen LogP contribution in [0.4, 0.5) is 14.9 Å². The Hall–Kier alpha value is -1.82. The lowest BCUT2D eigenvalue weighted by Gasteiger charge is -2.31. The topological polar surface area (TPSA) is 70.6 Å². The number of carbonyl (C=O) groups excluding carboxylic acids is 1. The van der Waals surface area contributed by atoms with E-state index in [-0.39, 0.29) is 17.7 Å². The standard InChI is InChI=1S/C16H25FN2O3/c1-4-16(5-2,8-9-20)11-18-15(21)19-14-10-12(22-3)6-7-13(14)17/h6-7,10,20H,4-5,8-9,11H2,1-3H3,(H2,18,19,21). The first-order chi connectivity index (χ1) is 10.5. The van der Waals surface area contributed by atoms with Gasteiger partial charge in [0.25, 0.3) is 0 Å². The van der Waals surface area contributed by atoms with Crippen LogP contribution >= 0.6 is 0 Å². The molecule has 0 aromatic heterocycles. The molecule has 0 unspecified atom stereocenters. The molecule has 2 amide bonds. The summed E-state index contributed by atoms with van der Waals surface area (Å²) in [6.45, 7) is 4.56. The van der Waals surface area contributed by atoms with Crippen molar-refractivity contribution in [3.05, 3.63) is 24.0 Å². The van der Waals surface area contributed by atoms with Crippen LogP contribution in [0.1, 0.15) is 33.1 Å². The lowest BCUT2D eigenvalue weighted by Crippen LogP contribution is -2.39. The second-order valence-electron chi connectivity index (χ2n) is 5.33. The Morgan fingerprint density at radius 2 is 2.05 bits per heavy atom. The van der Waals surface area contributed by atoms with E-state index in [4.69, 9.17) is 9.84 Å². The summed E-state index contributed by atoms with van der Waals surface area (Å²) in [6.07, 6.45) is 2.31. The van der Waals surface area contributed by atoms with Crippen LogP contribution in [0.2, 0.25) is 0 Å². The minimum absolute atomic E-state index is 0.0672. The highest BCUT2D eigenvalue weighted by atomic mass is 19.1. The molecule has 0 heterocycles. The number of carbonyl (C=O) groups is 1. The Bertz CT molecular complexity index is 490. The number of urea groups is 1. The molecule has 0 fully saturated rings. The second kappa shape index (κ2) is 8.58. The number of halogens is 1. The zero-order chi connectivity index (χ0) is 16.6. The summed E-state index contributed by atoms with van der Waals surface area (Å²) in [7, 11) is 1.48. The average molecular weight is 312 g/mol. The van der Waals surface area contributed by atoms with E-state index in [9.17, 15) is 9.18 Å². The fourth-order valence-electron chi connectivity index (χ4n) is 2.34. The first-order valence-corrected chi connectivity index (χ1v) is 7.49. The number of nitrogens with one attached hydrogen (secondary N) is 2. The molecule has 1 rings (SSSR count). The highest BCUT2D eigenvalue weighted by Gasteiger charge is 2.26. The molecular weight excluding hydrogens is 287 g/mol. The number of rotatable bonds is 8. The van der Waals surface area contributed by atoms with E-state index >= 15 is 0 Å². The molecule has 1 aromatic rings.